The summed E-state index contributed by atoms with van der Waals surface area (Å²) < 4.78 is 27.8. The number of piperidine rings is 1. The highest BCUT2D eigenvalue weighted by Gasteiger charge is 2.29. The van der Waals surface area contributed by atoms with Crippen LogP contribution in [-0.2, 0) is 21.4 Å². The normalized spacial score (nSPS) is 17.5. The van der Waals surface area contributed by atoms with Gasteiger partial charge in [-0.3, -0.25) is 9.69 Å². The Balaban J connectivity index is 1.61. The smallest absolute Gasteiger partial charge is 0.250 e. The molecule has 2 N–H and O–H groups in total. The number of aromatic nitrogens is 1. The van der Waals surface area contributed by atoms with Crippen LogP contribution in [0.4, 0.5) is 5.13 Å². The van der Waals surface area contributed by atoms with Gasteiger partial charge in [0.05, 0.1) is 5.69 Å². The molecule has 1 unspecified atom stereocenters. The van der Waals surface area contributed by atoms with Crippen LogP contribution < -0.4 is 10.0 Å². The van der Waals surface area contributed by atoms with Crippen molar-refractivity contribution in [1.29, 1.82) is 0 Å². The number of likely N-dealkylation sites (tertiary alicyclic amines) is 1. The molecule has 0 saturated carbocycles. The largest absolute Gasteiger partial charge is 0.301 e. The number of amides is 1. The van der Waals surface area contributed by atoms with E-state index in [9.17, 15) is 13.2 Å². The molecule has 0 aliphatic carbocycles. The molecular formula is C19H28N4O3S3. The van der Waals surface area contributed by atoms with Crippen LogP contribution in [0.15, 0.2) is 27.1 Å². The summed E-state index contributed by atoms with van der Waals surface area (Å²) in [5.74, 6) is 0.176. The topological polar surface area (TPSA) is 91.4 Å². The van der Waals surface area contributed by atoms with Gasteiger partial charge < -0.3 is 5.32 Å². The van der Waals surface area contributed by atoms with Crippen molar-refractivity contribution in [2.45, 2.75) is 50.4 Å². The van der Waals surface area contributed by atoms with E-state index >= 15 is 0 Å². The molecule has 1 atom stereocenters. The Hall–Kier alpha value is -1.33. The van der Waals surface area contributed by atoms with Crippen molar-refractivity contribution < 1.29 is 13.2 Å². The Labute approximate surface area is 180 Å². The van der Waals surface area contributed by atoms with E-state index in [1.54, 1.807) is 11.4 Å². The number of sulfonamides is 1. The number of nitrogens with one attached hydrogen (secondary N) is 2. The quantitative estimate of drug-likeness (QED) is 0.635. The molecule has 2 aromatic heterocycles. The van der Waals surface area contributed by atoms with Gasteiger partial charge in [0.25, 0.3) is 10.0 Å². The minimum atomic E-state index is -3.73. The number of rotatable bonds is 8. The molecule has 3 rings (SSSR count). The summed E-state index contributed by atoms with van der Waals surface area (Å²) in [4.78, 5) is 19.7. The number of thiazole rings is 1. The second-order valence-electron chi connectivity index (χ2n) is 7.87. The molecule has 0 bridgehead atoms. The summed E-state index contributed by atoms with van der Waals surface area (Å²) in [6.45, 7) is 8.82. The minimum absolute atomic E-state index is 0.198. The Kier molecular flexibility index (Phi) is 7.44. The number of thiophene rings is 1. The fourth-order valence-corrected chi connectivity index (χ4v) is 6.26. The van der Waals surface area contributed by atoms with Crippen LogP contribution in [-0.4, -0.2) is 43.3 Å². The van der Waals surface area contributed by atoms with Gasteiger partial charge in [-0.15, -0.1) is 22.7 Å². The lowest BCUT2D eigenvalue weighted by Crippen LogP contribution is -2.46. The highest BCUT2D eigenvalue weighted by molar-refractivity contribution is 7.91. The predicted octanol–water partition coefficient (Wildman–Crippen LogP) is 3.38. The molecule has 160 valence electrons. The third-order valence-electron chi connectivity index (χ3n) is 5.03. The zero-order chi connectivity index (χ0) is 21.0. The van der Waals surface area contributed by atoms with E-state index in [0.29, 0.717) is 5.13 Å². The van der Waals surface area contributed by atoms with Crippen LogP contribution in [0.2, 0.25) is 0 Å². The molecule has 2 aromatic rings. The van der Waals surface area contributed by atoms with Gasteiger partial charge in [-0.25, -0.2) is 13.4 Å². The van der Waals surface area contributed by atoms with Gasteiger partial charge in [-0.05, 0) is 49.2 Å². The Bertz CT molecular complexity index is 901. The van der Waals surface area contributed by atoms with Gasteiger partial charge in [-0.1, -0.05) is 26.8 Å². The Morgan fingerprint density at radius 3 is 2.66 bits per heavy atom. The third kappa shape index (κ3) is 6.08. The summed E-state index contributed by atoms with van der Waals surface area (Å²) in [5, 5.41) is 6.92. The summed E-state index contributed by atoms with van der Waals surface area (Å²) >= 11 is 2.49. The van der Waals surface area contributed by atoms with Crippen molar-refractivity contribution in [3.63, 3.8) is 0 Å². The number of carbonyl (C=O) groups excluding carboxylic acids is 1. The van der Waals surface area contributed by atoms with Crippen molar-refractivity contribution in [2.24, 2.45) is 11.8 Å². The molecule has 1 saturated heterocycles. The van der Waals surface area contributed by atoms with Crippen molar-refractivity contribution in [1.82, 2.24) is 14.6 Å². The fourth-order valence-electron chi connectivity index (χ4n) is 3.20. The van der Waals surface area contributed by atoms with Gasteiger partial charge in [0.15, 0.2) is 5.13 Å². The highest BCUT2D eigenvalue weighted by atomic mass is 32.2. The summed E-state index contributed by atoms with van der Waals surface area (Å²) in [6, 6.07) is 2.32. The summed E-state index contributed by atoms with van der Waals surface area (Å²) in [7, 11) is -3.73. The predicted molar refractivity (Wildman–Crippen MR) is 118 cm³/mol. The first-order chi connectivity index (χ1) is 13.7. The lowest BCUT2D eigenvalue weighted by Gasteiger charge is -2.29. The average Bonchev–Trinajstić information content (AvgIpc) is 3.34. The summed E-state index contributed by atoms with van der Waals surface area (Å²) in [5.41, 5.74) is 0.931. The first-order valence-corrected chi connectivity index (χ1v) is 13.0. The van der Waals surface area contributed by atoms with E-state index in [0.717, 1.165) is 42.6 Å². The highest BCUT2D eigenvalue weighted by Crippen LogP contribution is 2.22. The number of anilines is 1. The van der Waals surface area contributed by atoms with Gasteiger partial charge in [0.1, 0.15) is 10.3 Å². The average molecular weight is 457 g/mol. The van der Waals surface area contributed by atoms with Gasteiger partial charge >= 0.3 is 0 Å². The van der Waals surface area contributed by atoms with E-state index in [2.05, 4.69) is 26.8 Å². The van der Waals surface area contributed by atoms with E-state index in [4.69, 9.17) is 0 Å². The maximum atomic E-state index is 12.8. The zero-order valence-electron chi connectivity index (χ0n) is 16.9. The maximum Gasteiger partial charge on any atom is 0.250 e. The van der Waals surface area contributed by atoms with E-state index in [1.807, 2.05) is 19.2 Å². The molecule has 3 heterocycles. The molecule has 7 nitrogen and oxygen atoms in total. The van der Waals surface area contributed by atoms with Crippen LogP contribution >= 0.6 is 22.7 Å². The molecule has 29 heavy (non-hydrogen) atoms. The maximum absolute atomic E-state index is 12.8. The Morgan fingerprint density at radius 1 is 1.31 bits per heavy atom. The standard InChI is InChI=1S/C19H28N4O3S3/c1-13(2)17(22-29(25,26)16-5-4-10-27-16)18(24)21-19-20-15(12-28-19)11-23-8-6-14(3)7-9-23/h4-5,10,12-14,17,22H,6-9,11H2,1-3H3,(H,20,21,24). The number of hydrogen-bond donors (Lipinski definition) is 2. The van der Waals surface area contributed by atoms with Gasteiger partial charge in [0, 0.05) is 11.9 Å². The van der Waals surface area contributed by atoms with E-state index < -0.39 is 22.0 Å². The molecule has 1 amide bonds. The number of carbonyl (C=O) groups is 1. The Morgan fingerprint density at radius 2 is 2.03 bits per heavy atom. The lowest BCUT2D eigenvalue weighted by molar-refractivity contribution is -0.118. The van der Waals surface area contributed by atoms with Crippen LogP contribution in [0.3, 0.4) is 0 Å². The van der Waals surface area contributed by atoms with Crippen molar-refractivity contribution in [2.75, 3.05) is 18.4 Å². The van der Waals surface area contributed by atoms with Crippen LogP contribution in [0.25, 0.3) is 0 Å². The van der Waals surface area contributed by atoms with Crippen molar-refractivity contribution in [3.8, 4) is 0 Å². The van der Waals surface area contributed by atoms with Gasteiger partial charge in [-0.2, -0.15) is 4.72 Å². The number of hydrogen-bond acceptors (Lipinski definition) is 7. The molecular weight excluding hydrogens is 428 g/mol. The lowest BCUT2D eigenvalue weighted by atomic mass is 9.99. The number of nitrogens with zero attached hydrogens (tertiary/aromatic N) is 2. The van der Waals surface area contributed by atoms with Gasteiger partial charge in [0.2, 0.25) is 5.91 Å². The molecule has 1 aliphatic rings. The SMILES string of the molecule is CC1CCN(Cc2csc(NC(=O)C(NS(=O)(=O)c3cccs3)C(C)C)n2)CC1. The van der Waals surface area contributed by atoms with E-state index in [1.165, 1.54) is 30.2 Å². The second kappa shape index (κ2) is 9.65. The summed E-state index contributed by atoms with van der Waals surface area (Å²) in [6.07, 6.45) is 2.41. The zero-order valence-corrected chi connectivity index (χ0v) is 19.4. The van der Waals surface area contributed by atoms with Crippen LogP contribution in [0.5, 0.6) is 0 Å². The molecule has 0 aromatic carbocycles. The molecule has 1 fully saturated rings. The van der Waals surface area contributed by atoms with Crippen LogP contribution in [0.1, 0.15) is 39.3 Å². The molecule has 0 radical (unpaired) electrons. The first kappa shape index (κ1) is 22.4. The molecule has 1 aliphatic heterocycles. The van der Waals surface area contributed by atoms with Crippen molar-refractivity contribution in [3.05, 3.63) is 28.6 Å². The monoisotopic (exact) mass is 456 g/mol. The minimum Gasteiger partial charge on any atom is -0.301 e. The molecule has 10 heteroatoms. The van der Waals surface area contributed by atoms with Crippen LogP contribution in [0, 0.1) is 11.8 Å². The fraction of sp³-hybridized carbons (Fsp3) is 0.579. The third-order valence-corrected chi connectivity index (χ3v) is 8.68. The molecule has 0 spiro atoms. The second-order valence-corrected chi connectivity index (χ2v) is 11.6. The first-order valence-electron chi connectivity index (χ1n) is 9.78. The van der Waals surface area contributed by atoms with E-state index in [-0.39, 0.29) is 10.1 Å². The van der Waals surface area contributed by atoms with Crippen molar-refractivity contribution >= 4 is 43.7 Å².